The molecule has 0 amide bonds. The monoisotopic (exact) mass is 299 g/mol. The summed E-state index contributed by atoms with van der Waals surface area (Å²) in [6, 6.07) is 3.08. The summed E-state index contributed by atoms with van der Waals surface area (Å²) in [7, 11) is 1.74. The molecule has 3 nitrogen and oxygen atoms in total. The molecule has 1 aromatic heterocycles. The van der Waals surface area contributed by atoms with E-state index in [0.717, 1.165) is 12.5 Å². The molecule has 0 fully saturated rings. The maximum atomic E-state index is 14.0. The Kier molecular flexibility index (Phi) is 4.73. The molecule has 108 valence electrons. The number of rotatable bonds is 5. The van der Waals surface area contributed by atoms with Gasteiger partial charge in [-0.25, -0.2) is 8.78 Å². The van der Waals surface area contributed by atoms with Gasteiger partial charge in [0.05, 0.1) is 23.0 Å². The van der Waals surface area contributed by atoms with Gasteiger partial charge in [0, 0.05) is 18.7 Å². The van der Waals surface area contributed by atoms with Crippen LogP contribution in [0, 0.1) is 11.6 Å². The third-order valence-corrected chi connectivity index (χ3v) is 3.37. The van der Waals surface area contributed by atoms with E-state index in [1.807, 2.05) is 6.92 Å². The van der Waals surface area contributed by atoms with Crippen molar-refractivity contribution in [2.75, 3.05) is 6.54 Å². The lowest BCUT2D eigenvalue weighted by Gasteiger charge is -2.20. The van der Waals surface area contributed by atoms with Crippen LogP contribution in [0.1, 0.15) is 30.6 Å². The van der Waals surface area contributed by atoms with Crippen LogP contribution in [-0.2, 0) is 7.05 Å². The smallest absolute Gasteiger partial charge is 0.131 e. The van der Waals surface area contributed by atoms with Crippen molar-refractivity contribution in [2.24, 2.45) is 7.05 Å². The van der Waals surface area contributed by atoms with Gasteiger partial charge in [-0.05, 0) is 19.0 Å². The van der Waals surface area contributed by atoms with Crippen LogP contribution in [-0.4, -0.2) is 16.3 Å². The summed E-state index contributed by atoms with van der Waals surface area (Å²) in [6.07, 6.45) is 2.40. The molecule has 0 radical (unpaired) electrons. The molecule has 0 aliphatic heterocycles. The van der Waals surface area contributed by atoms with E-state index in [0.29, 0.717) is 22.8 Å². The zero-order valence-corrected chi connectivity index (χ0v) is 12.1. The summed E-state index contributed by atoms with van der Waals surface area (Å²) in [5, 5.41) is 7.74. The lowest BCUT2D eigenvalue weighted by atomic mass is 10.0. The third-order valence-electron chi connectivity index (χ3n) is 3.08. The highest BCUT2D eigenvalue weighted by Crippen LogP contribution is 2.29. The second kappa shape index (κ2) is 6.33. The number of nitrogens with one attached hydrogen (secondary N) is 1. The summed E-state index contributed by atoms with van der Waals surface area (Å²) in [5.74, 6) is -1.20. The fraction of sp³-hybridized carbons (Fsp3) is 0.357. The summed E-state index contributed by atoms with van der Waals surface area (Å²) < 4.78 is 28.7. The van der Waals surface area contributed by atoms with E-state index in [-0.39, 0.29) is 0 Å². The van der Waals surface area contributed by atoms with Crippen molar-refractivity contribution in [3.8, 4) is 0 Å². The van der Waals surface area contributed by atoms with E-state index >= 15 is 0 Å². The van der Waals surface area contributed by atoms with Crippen LogP contribution in [0.15, 0.2) is 24.4 Å². The average Bonchev–Trinajstić information content (AvgIpc) is 2.72. The number of nitrogens with zero attached hydrogens (tertiary/aromatic N) is 2. The van der Waals surface area contributed by atoms with Crippen LogP contribution < -0.4 is 5.32 Å². The van der Waals surface area contributed by atoms with E-state index in [1.54, 1.807) is 11.7 Å². The molecule has 0 saturated carbocycles. The normalized spacial score (nSPS) is 12.7. The molecule has 2 aromatic rings. The molecular weight excluding hydrogens is 284 g/mol. The number of halogens is 3. The third kappa shape index (κ3) is 2.99. The van der Waals surface area contributed by atoms with Gasteiger partial charge in [0.2, 0.25) is 0 Å². The van der Waals surface area contributed by atoms with Gasteiger partial charge in [-0.3, -0.25) is 4.68 Å². The first-order chi connectivity index (χ1) is 9.54. The minimum absolute atomic E-state index is 0.352. The fourth-order valence-electron chi connectivity index (χ4n) is 2.12. The highest BCUT2D eigenvalue weighted by Gasteiger charge is 2.23. The van der Waals surface area contributed by atoms with Crippen LogP contribution in [0.5, 0.6) is 0 Å². The SMILES string of the molecule is CCCNC(c1ccc(F)cc1F)c1c(Cl)cnn1C. The van der Waals surface area contributed by atoms with Gasteiger partial charge in [0.25, 0.3) is 0 Å². The maximum Gasteiger partial charge on any atom is 0.131 e. The van der Waals surface area contributed by atoms with Gasteiger partial charge in [0.15, 0.2) is 0 Å². The van der Waals surface area contributed by atoms with Crippen molar-refractivity contribution in [2.45, 2.75) is 19.4 Å². The Morgan fingerprint density at radius 2 is 2.15 bits per heavy atom. The fourth-order valence-corrected chi connectivity index (χ4v) is 2.40. The summed E-state index contributed by atoms with van der Waals surface area (Å²) in [6.45, 7) is 2.69. The Morgan fingerprint density at radius 1 is 1.40 bits per heavy atom. The minimum Gasteiger partial charge on any atom is -0.305 e. The standard InChI is InChI=1S/C14H16ClF2N3/c1-3-6-18-13(14-11(15)8-19-20(14)2)10-5-4-9(16)7-12(10)17/h4-5,7-8,13,18H,3,6H2,1-2H3. The molecule has 0 aliphatic rings. The lowest BCUT2D eigenvalue weighted by molar-refractivity contribution is 0.512. The average molecular weight is 300 g/mol. The second-order valence-electron chi connectivity index (χ2n) is 4.55. The van der Waals surface area contributed by atoms with E-state index in [9.17, 15) is 8.78 Å². The Morgan fingerprint density at radius 3 is 2.70 bits per heavy atom. The molecule has 1 N–H and O–H groups in total. The second-order valence-corrected chi connectivity index (χ2v) is 4.96. The Bertz CT molecular complexity index is 579. The van der Waals surface area contributed by atoms with Crippen molar-refractivity contribution in [3.05, 3.63) is 52.3 Å². The van der Waals surface area contributed by atoms with Crippen molar-refractivity contribution in [3.63, 3.8) is 0 Å². The maximum absolute atomic E-state index is 14.0. The van der Waals surface area contributed by atoms with Gasteiger partial charge in [-0.1, -0.05) is 24.6 Å². The van der Waals surface area contributed by atoms with Crippen LogP contribution in [0.25, 0.3) is 0 Å². The molecule has 20 heavy (non-hydrogen) atoms. The van der Waals surface area contributed by atoms with Gasteiger partial charge in [-0.15, -0.1) is 0 Å². The first kappa shape index (κ1) is 14.9. The molecule has 0 saturated heterocycles. The van der Waals surface area contributed by atoms with Crippen molar-refractivity contribution >= 4 is 11.6 Å². The predicted octanol–water partition coefficient (Wildman–Crippen LogP) is 3.44. The first-order valence-corrected chi connectivity index (χ1v) is 6.78. The number of aromatic nitrogens is 2. The van der Waals surface area contributed by atoms with E-state index < -0.39 is 17.7 Å². The molecule has 6 heteroatoms. The van der Waals surface area contributed by atoms with Crippen LogP contribution >= 0.6 is 11.6 Å². The first-order valence-electron chi connectivity index (χ1n) is 6.40. The Balaban J connectivity index is 2.47. The van der Waals surface area contributed by atoms with Crippen LogP contribution in [0.2, 0.25) is 5.02 Å². The Labute approximate surface area is 121 Å². The topological polar surface area (TPSA) is 29.9 Å². The molecule has 0 spiro atoms. The lowest BCUT2D eigenvalue weighted by Crippen LogP contribution is -2.26. The van der Waals surface area contributed by atoms with Crippen molar-refractivity contribution in [1.82, 2.24) is 15.1 Å². The van der Waals surface area contributed by atoms with Crippen LogP contribution in [0.4, 0.5) is 8.78 Å². The highest BCUT2D eigenvalue weighted by atomic mass is 35.5. The minimum atomic E-state index is -0.601. The van der Waals surface area contributed by atoms with Crippen LogP contribution in [0.3, 0.4) is 0 Å². The van der Waals surface area contributed by atoms with Gasteiger partial charge >= 0.3 is 0 Å². The number of benzene rings is 1. The van der Waals surface area contributed by atoms with E-state index in [2.05, 4.69) is 10.4 Å². The summed E-state index contributed by atoms with van der Waals surface area (Å²) in [4.78, 5) is 0. The van der Waals surface area contributed by atoms with Crippen molar-refractivity contribution in [1.29, 1.82) is 0 Å². The van der Waals surface area contributed by atoms with Gasteiger partial charge < -0.3 is 5.32 Å². The summed E-state index contributed by atoms with van der Waals surface area (Å²) >= 11 is 6.13. The molecular formula is C14H16ClF2N3. The molecule has 0 aliphatic carbocycles. The van der Waals surface area contributed by atoms with E-state index in [4.69, 9.17) is 11.6 Å². The molecule has 1 unspecified atom stereocenters. The zero-order chi connectivity index (χ0) is 14.7. The molecule has 2 rings (SSSR count). The quantitative estimate of drug-likeness (QED) is 0.916. The number of aryl methyl sites for hydroxylation is 1. The molecule has 0 bridgehead atoms. The van der Waals surface area contributed by atoms with Gasteiger partial charge in [-0.2, -0.15) is 5.10 Å². The highest BCUT2D eigenvalue weighted by molar-refractivity contribution is 6.31. The molecule has 1 heterocycles. The van der Waals surface area contributed by atoms with Crippen molar-refractivity contribution < 1.29 is 8.78 Å². The van der Waals surface area contributed by atoms with E-state index in [1.165, 1.54) is 18.3 Å². The molecule has 1 atom stereocenters. The summed E-state index contributed by atoms with van der Waals surface area (Å²) in [5.41, 5.74) is 1.01. The van der Waals surface area contributed by atoms with Gasteiger partial charge in [0.1, 0.15) is 11.6 Å². The zero-order valence-electron chi connectivity index (χ0n) is 11.3. The predicted molar refractivity (Wildman–Crippen MR) is 74.7 cm³/mol. The number of hydrogen-bond donors (Lipinski definition) is 1. The molecule has 1 aromatic carbocycles. The Hall–Kier alpha value is -1.46. The number of hydrogen-bond acceptors (Lipinski definition) is 2. The largest absolute Gasteiger partial charge is 0.305 e.